The third kappa shape index (κ3) is 6.29. The molecule has 0 fully saturated rings. The lowest BCUT2D eigenvalue weighted by Crippen LogP contribution is -2.38. The number of ether oxygens (including phenoxy) is 1. The monoisotopic (exact) mass is 476 g/mol. The predicted molar refractivity (Wildman–Crippen MR) is 136 cm³/mol. The standard InChI is InChI=1S/C26H28N4O3S/c1-18(2)33-22-11-7-20(8-12-22)17-28-24(31)16-19-5-9-21(10-6-19)29-26(32)30-14-15-34-25-23(30)4-3-13-27-25/h3-13,18H,14-17H2,1-2H3,(H,28,31)(H,29,32). The highest BCUT2D eigenvalue weighted by Crippen LogP contribution is 2.32. The molecule has 2 aromatic carbocycles. The zero-order valence-electron chi connectivity index (χ0n) is 19.3. The molecule has 0 bridgehead atoms. The second kappa shape index (κ2) is 11.1. The summed E-state index contributed by atoms with van der Waals surface area (Å²) in [5.74, 6) is 1.56. The molecule has 34 heavy (non-hydrogen) atoms. The van der Waals surface area contributed by atoms with Gasteiger partial charge >= 0.3 is 6.03 Å². The number of urea groups is 1. The third-order valence-electron chi connectivity index (χ3n) is 5.20. The number of rotatable bonds is 7. The fourth-order valence-electron chi connectivity index (χ4n) is 3.57. The Morgan fingerprint density at radius 3 is 2.53 bits per heavy atom. The fraction of sp³-hybridized carbons (Fsp3) is 0.269. The Morgan fingerprint density at radius 1 is 1.06 bits per heavy atom. The van der Waals surface area contributed by atoms with Crippen molar-refractivity contribution in [2.24, 2.45) is 0 Å². The van der Waals surface area contributed by atoms with Crippen molar-refractivity contribution < 1.29 is 14.3 Å². The van der Waals surface area contributed by atoms with E-state index in [-0.39, 0.29) is 24.5 Å². The number of anilines is 2. The van der Waals surface area contributed by atoms with Crippen molar-refractivity contribution in [3.05, 3.63) is 78.0 Å². The summed E-state index contributed by atoms with van der Waals surface area (Å²) >= 11 is 1.65. The maximum Gasteiger partial charge on any atom is 0.326 e. The maximum atomic E-state index is 12.8. The molecule has 2 N–H and O–H groups in total. The van der Waals surface area contributed by atoms with Crippen LogP contribution in [0.25, 0.3) is 0 Å². The van der Waals surface area contributed by atoms with Crippen LogP contribution in [-0.2, 0) is 17.8 Å². The van der Waals surface area contributed by atoms with E-state index in [1.165, 1.54) is 0 Å². The van der Waals surface area contributed by atoms with Crippen molar-refractivity contribution in [1.82, 2.24) is 10.3 Å². The van der Waals surface area contributed by atoms with Crippen LogP contribution >= 0.6 is 11.8 Å². The Morgan fingerprint density at radius 2 is 1.79 bits per heavy atom. The lowest BCUT2D eigenvalue weighted by atomic mass is 10.1. The summed E-state index contributed by atoms with van der Waals surface area (Å²) in [6.45, 7) is 5.05. The molecular weight excluding hydrogens is 448 g/mol. The zero-order chi connectivity index (χ0) is 23.9. The molecule has 0 unspecified atom stereocenters. The quantitative estimate of drug-likeness (QED) is 0.508. The van der Waals surface area contributed by atoms with Gasteiger partial charge in [-0.1, -0.05) is 24.3 Å². The number of amides is 3. The highest BCUT2D eigenvalue weighted by Gasteiger charge is 2.23. The van der Waals surface area contributed by atoms with E-state index < -0.39 is 0 Å². The van der Waals surface area contributed by atoms with Crippen LogP contribution in [0.3, 0.4) is 0 Å². The van der Waals surface area contributed by atoms with E-state index in [0.717, 1.165) is 33.3 Å². The number of fused-ring (bicyclic) bond motifs is 1. The van der Waals surface area contributed by atoms with Crippen molar-refractivity contribution in [2.45, 2.75) is 37.9 Å². The smallest absolute Gasteiger partial charge is 0.326 e. The topological polar surface area (TPSA) is 83.6 Å². The normalized spacial score (nSPS) is 12.7. The molecule has 0 atom stereocenters. The van der Waals surface area contributed by atoms with Crippen molar-refractivity contribution >= 4 is 35.1 Å². The summed E-state index contributed by atoms with van der Waals surface area (Å²) in [5, 5.41) is 6.74. The number of carbonyl (C=O) groups is 2. The lowest BCUT2D eigenvalue weighted by molar-refractivity contribution is -0.120. The summed E-state index contributed by atoms with van der Waals surface area (Å²) in [5.41, 5.74) is 3.39. The first kappa shape index (κ1) is 23.6. The van der Waals surface area contributed by atoms with Gasteiger partial charge in [0.05, 0.1) is 18.2 Å². The number of carbonyl (C=O) groups excluding carboxylic acids is 2. The SMILES string of the molecule is CC(C)Oc1ccc(CNC(=O)Cc2ccc(NC(=O)N3CCSc4ncccc43)cc2)cc1. The molecule has 0 saturated heterocycles. The van der Waals surface area contributed by atoms with E-state index in [4.69, 9.17) is 4.74 Å². The van der Waals surface area contributed by atoms with Crippen molar-refractivity contribution in [2.75, 3.05) is 22.5 Å². The fourth-order valence-corrected chi connectivity index (χ4v) is 4.50. The molecule has 2 heterocycles. The van der Waals surface area contributed by atoms with Crippen LogP contribution in [0.15, 0.2) is 71.9 Å². The molecule has 0 aliphatic carbocycles. The second-order valence-electron chi connectivity index (χ2n) is 8.22. The Balaban J connectivity index is 1.27. The highest BCUT2D eigenvalue weighted by molar-refractivity contribution is 7.99. The molecule has 4 rings (SSSR count). The van der Waals surface area contributed by atoms with Crippen LogP contribution in [0.4, 0.5) is 16.2 Å². The molecule has 3 amide bonds. The van der Waals surface area contributed by atoms with Gasteiger partial charge in [0, 0.05) is 30.7 Å². The first-order valence-corrected chi connectivity index (χ1v) is 12.2. The maximum absolute atomic E-state index is 12.8. The third-order valence-corrected chi connectivity index (χ3v) is 6.17. The van der Waals surface area contributed by atoms with E-state index in [1.54, 1.807) is 22.9 Å². The number of benzene rings is 2. The van der Waals surface area contributed by atoms with Gasteiger partial charge in [-0.25, -0.2) is 9.78 Å². The summed E-state index contributed by atoms with van der Waals surface area (Å²) in [7, 11) is 0. The van der Waals surface area contributed by atoms with Crippen molar-refractivity contribution in [1.29, 1.82) is 0 Å². The number of nitrogens with one attached hydrogen (secondary N) is 2. The van der Waals surface area contributed by atoms with E-state index in [1.807, 2.05) is 74.5 Å². The minimum absolute atomic E-state index is 0.0609. The Hall–Kier alpha value is -3.52. The first-order chi connectivity index (χ1) is 16.5. The summed E-state index contributed by atoms with van der Waals surface area (Å²) in [4.78, 5) is 31.2. The van der Waals surface area contributed by atoms with Gasteiger partial charge in [0.2, 0.25) is 5.91 Å². The zero-order valence-corrected chi connectivity index (χ0v) is 20.1. The summed E-state index contributed by atoms with van der Waals surface area (Å²) in [6, 6.07) is 18.6. The van der Waals surface area contributed by atoms with Crippen molar-refractivity contribution in [3.63, 3.8) is 0 Å². The molecule has 0 saturated carbocycles. The van der Waals surface area contributed by atoms with Gasteiger partial charge < -0.3 is 15.4 Å². The van der Waals surface area contributed by atoms with Crippen LogP contribution in [0.2, 0.25) is 0 Å². The van der Waals surface area contributed by atoms with Gasteiger partial charge in [0.15, 0.2) is 0 Å². The molecule has 176 valence electrons. The number of hydrogen-bond donors (Lipinski definition) is 2. The van der Waals surface area contributed by atoms with Crippen LogP contribution in [0.5, 0.6) is 5.75 Å². The molecule has 0 spiro atoms. The predicted octanol–water partition coefficient (Wildman–Crippen LogP) is 4.87. The first-order valence-electron chi connectivity index (χ1n) is 11.3. The van der Waals surface area contributed by atoms with Crippen LogP contribution in [-0.4, -0.2) is 35.3 Å². The molecule has 8 heteroatoms. The average Bonchev–Trinajstić information content (AvgIpc) is 2.84. The average molecular weight is 477 g/mol. The van der Waals surface area contributed by atoms with Gasteiger partial charge in [-0.3, -0.25) is 9.69 Å². The number of nitrogens with zero attached hydrogens (tertiary/aromatic N) is 2. The molecule has 7 nitrogen and oxygen atoms in total. The summed E-state index contributed by atoms with van der Waals surface area (Å²) in [6.07, 6.45) is 2.13. The highest BCUT2D eigenvalue weighted by atomic mass is 32.2. The van der Waals surface area contributed by atoms with E-state index in [0.29, 0.717) is 18.8 Å². The Kier molecular flexibility index (Phi) is 7.69. The largest absolute Gasteiger partial charge is 0.491 e. The van der Waals surface area contributed by atoms with Gasteiger partial charge in [-0.15, -0.1) is 11.8 Å². The Bertz CT molecular complexity index is 1130. The molecule has 0 radical (unpaired) electrons. The second-order valence-corrected chi connectivity index (χ2v) is 9.30. The molecule has 1 aliphatic heterocycles. The van der Waals surface area contributed by atoms with Crippen LogP contribution < -0.4 is 20.3 Å². The van der Waals surface area contributed by atoms with Crippen LogP contribution in [0, 0.1) is 0 Å². The number of aromatic nitrogens is 1. The Labute approximate surface area is 203 Å². The molecular formula is C26H28N4O3S. The summed E-state index contributed by atoms with van der Waals surface area (Å²) < 4.78 is 5.64. The van der Waals surface area contributed by atoms with Crippen molar-refractivity contribution in [3.8, 4) is 5.75 Å². The molecule has 3 aromatic rings. The van der Waals surface area contributed by atoms with E-state index >= 15 is 0 Å². The van der Waals surface area contributed by atoms with E-state index in [9.17, 15) is 9.59 Å². The molecule has 1 aromatic heterocycles. The van der Waals surface area contributed by atoms with Gasteiger partial charge in [-0.05, 0) is 61.4 Å². The lowest BCUT2D eigenvalue weighted by Gasteiger charge is -2.28. The van der Waals surface area contributed by atoms with E-state index in [2.05, 4.69) is 15.6 Å². The number of thioether (sulfide) groups is 1. The number of pyridine rings is 1. The number of hydrogen-bond acceptors (Lipinski definition) is 5. The van der Waals surface area contributed by atoms with Crippen LogP contribution in [0.1, 0.15) is 25.0 Å². The minimum Gasteiger partial charge on any atom is -0.491 e. The van der Waals surface area contributed by atoms with Gasteiger partial charge in [0.1, 0.15) is 10.8 Å². The van der Waals surface area contributed by atoms with Gasteiger partial charge in [0.25, 0.3) is 0 Å². The molecule has 1 aliphatic rings. The van der Waals surface area contributed by atoms with Gasteiger partial charge in [-0.2, -0.15) is 0 Å². The minimum atomic E-state index is -0.190.